The van der Waals surface area contributed by atoms with Gasteiger partial charge in [0.2, 0.25) is 0 Å². The summed E-state index contributed by atoms with van der Waals surface area (Å²) in [4.78, 5) is 0. The third kappa shape index (κ3) is 6.64. The van der Waals surface area contributed by atoms with E-state index in [4.69, 9.17) is 4.74 Å². The summed E-state index contributed by atoms with van der Waals surface area (Å²) in [7, 11) is 0. The van der Waals surface area contributed by atoms with E-state index in [0.29, 0.717) is 25.8 Å². The Morgan fingerprint density at radius 2 is 1.62 bits per heavy atom. The summed E-state index contributed by atoms with van der Waals surface area (Å²) in [6.45, 7) is 1.51. The lowest BCUT2D eigenvalue weighted by molar-refractivity contribution is -0.0264. The van der Waals surface area contributed by atoms with Crippen LogP contribution in [-0.2, 0) is 4.74 Å². The smallest absolute Gasteiger partial charge is 0.0897 e. The van der Waals surface area contributed by atoms with Crippen LogP contribution in [0.4, 0.5) is 0 Å². The van der Waals surface area contributed by atoms with Crippen LogP contribution in [0.3, 0.4) is 0 Å². The van der Waals surface area contributed by atoms with Crippen LogP contribution in [0.2, 0.25) is 0 Å². The summed E-state index contributed by atoms with van der Waals surface area (Å²) in [6.07, 6.45) is 12.5. The van der Waals surface area contributed by atoms with Crippen LogP contribution in [0.1, 0.15) is 70.6 Å². The van der Waals surface area contributed by atoms with Crippen molar-refractivity contribution in [3.8, 4) is 0 Å². The van der Waals surface area contributed by atoms with E-state index in [1.54, 1.807) is 0 Å². The maximum Gasteiger partial charge on any atom is 0.0897 e. The van der Waals surface area contributed by atoms with Gasteiger partial charge in [-0.1, -0.05) is 44.9 Å². The lowest BCUT2D eigenvalue weighted by Gasteiger charge is -2.28. The molecule has 2 fully saturated rings. The van der Waals surface area contributed by atoms with Crippen molar-refractivity contribution in [2.24, 2.45) is 0 Å². The molecular formula is C17H33NO3. The van der Waals surface area contributed by atoms with Crippen molar-refractivity contribution in [2.75, 3.05) is 19.7 Å². The zero-order valence-corrected chi connectivity index (χ0v) is 13.4. The molecule has 0 saturated heterocycles. The summed E-state index contributed by atoms with van der Waals surface area (Å²) in [5, 5.41) is 23.7. The standard InChI is InChI=1S/C17H33NO3/c19-15(13-21-16-8-4-3-5-9-16)12-18-14-17(20)10-6-1-2-7-11-17/h15-16,18-20H,1-14H2. The van der Waals surface area contributed by atoms with Crippen molar-refractivity contribution in [1.82, 2.24) is 5.32 Å². The minimum atomic E-state index is -0.569. The Hall–Kier alpha value is -0.160. The van der Waals surface area contributed by atoms with Crippen LogP contribution < -0.4 is 5.32 Å². The number of nitrogens with one attached hydrogen (secondary N) is 1. The van der Waals surface area contributed by atoms with E-state index in [0.717, 1.165) is 38.5 Å². The summed E-state index contributed by atoms with van der Waals surface area (Å²) in [6, 6.07) is 0. The summed E-state index contributed by atoms with van der Waals surface area (Å²) in [5.74, 6) is 0. The van der Waals surface area contributed by atoms with Gasteiger partial charge in [0.15, 0.2) is 0 Å². The highest BCUT2D eigenvalue weighted by atomic mass is 16.5. The summed E-state index contributed by atoms with van der Waals surface area (Å²) >= 11 is 0. The molecule has 0 bridgehead atoms. The first kappa shape index (κ1) is 17.2. The Morgan fingerprint density at radius 1 is 1.00 bits per heavy atom. The molecule has 0 spiro atoms. The molecule has 1 unspecified atom stereocenters. The maximum atomic E-state index is 10.5. The van der Waals surface area contributed by atoms with Gasteiger partial charge in [-0.3, -0.25) is 0 Å². The van der Waals surface area contributed by atoms with Crippen LogP contribution in [0.15, 0.2) is 0 Å². The number of ether oxygens (including phenoxy) is 1. The van der Waals surface area contributed by atoms with Crippen LogP contribution in [-0.4, -0.2) is 47.7 Å². The monoisotopic (exact) mass is 299 g/mol. The normalized spacial score (nSPS) is 25.4. The van der Waals surface area contributed by atoms with Crippen molar-refractivity contribution < 1.29 is 14.9 Å². The number of hydrogen-bond donors (Lipinski definition) is 3. The highest BCUT2D eigenvalue weighted by molar-refractivity contribution is 4.83. The fourth-order valence-corrected chi connectivity index (χ4v) is 3.57. The van der Waals surface area contributed by atoms with Crippen molar-refractivity contribution >= 4 is 0 Å². The predicted octanol–water partition coefficient (Wildman–Crippen LogP) is 2.37. The van der Waals surface area contributed by atoms with Gasteiger partial charge in [0.1, 0.15) is 0 Å². The second kappa shape index (κ2) is 9.09. The van der Waals surface area contributed by atoms with Gasteiger partial charge in [-0.2, -0.15) is 0 Å². The Bertz CT molecular complexity index is 271. The molecule has 0 amide bonds. The second-order valence-corrected chi connectivity index (χ2v) is 7.02. The number of hydrogen-bond acceptors (Lipinski definition) is 4. The summed E-state index contributed by atoms with van der Waals surface area (Å²) in [5.41, 5.74) is -0.569. The largest absolute Gasteiger partial charge is 0.389 e. The van der Waals surface area contributed by atoms with E-state index in [-0.39, 0.29) is 0 Å². The van der Waals surface area contributed by atoms with Gasteiger partial charge < -0.3 is 20.3 Å². The van der Waals surface area contributed by atoms with Crippen LogP contribution in [0.5, 0.6) is 0 Å². The second-order valence-electron chi connectivity index (χ2n) is 7.02. The van der Waals surface area contributed by atoms with Crippen molar-refractivity contribution in [2.45, 2.75) is 88.4 Å². The molecule has 0 heterocycles. The van der Waals surface area contributed by atoms with Crippen molar-refractivity contribution in [1.29, 1.82) is 0 Å². The summed E-state index contributed by atoms with van der Waals surface area (Å²) < 4.78 is 5.78. The molecule has 0 aromatic heterocycles. The third-order valence-corrected chi connectivity index (χ3v) is 4.94. The van der Waals surface area contributed by atoms with Crippen molar-refractivity contribution in [3.05, 3.63) is 0 Å². The van der Waals surface area contributed by atoms with E-state index < -0.39 is 11.7 Å². The van der Waals surface area contributed by atoms with Gasteiger partial charge in [-0.25, -0.2) is 0 Å². The molecule has 2 aliphatic carbocycles. The van der Waals surface area contributed by atoms with Crippen LogP contribution in [0.25, 0.3) is 0 Å². The zero-order valence-electron chi connectivity index (χ0n) is 13.4. The highest BCUT2D eigenvalue weighted by Crippen LogP contribution is 2.26. The van der Waals surface area contributed by atoms with Gasteiger partial charge in [0, 0.05) is 13.1 Å². The highest BCUT2D eigenvalue weighted by Gasteiger charge is 2.27. The number of aliphatic hydroxyl groups is 2. The first-order chi connectivity index (χ1) is 10.2. The fraction of sp³-hybridized carbons (Fsp3) is 1.00. The van der Waals surface area contributed by atoms with E-state index in [9.17, 15) is 10.2 Å². The Kier molecular flexibility index (Phi) is 7.44. The lowest BCUT2D eigenvalue weighted by atomic mass is 9.94. The van der Waals surface area contributed by atoms with E-state index in [1.165, 1.54) is 32.1 Å². The molecule has 2 aliphatic rings. The molecule has 4 heteroatoms. The molecule has 124 valence electrons. The lowest BCUT2D eigenvalue weighted by Crippen LogP contribution is -2.43. The van der Waals surface area contributed by atoms with Gasteiger partial charge in [0.05, 0.1) is 24.4 Å². The fourth-order valence-electron chi connectivity index (χ4n) is 3.57. The molecule has 0 aromatic rings. The van der Waals surface area contributed by atoms with Crippen molar-refractivity contribution in [3.63, 3.8) is 0 Å². The molecule has 0 radical (unpaired) electrons. The van der Waals surface area contributed by atoms with Crippen LogP contribution in [0, 0.1) is 0 Å². The average molecular weight is 299 g/mol. The minimum absolute atomic E-state index is 0.347. The molecule has 0 aliphatic heterocycles. The minimum Gasteiger partial charge on any atom is -0.389 e. The molecule has 2 rings (SSSR count). The number of rotatable bonds is 7. The maximum absolute atomic E-state index is 10.5. The first-order valence-corrected chi connectivity index (χ1v) is 8.91. The van der Waals surface area contributed by atoms with Gasteiger partial charge in [-0.15, -0.1) is 0 Å². The Labute approximate surface area is 129 Å². The molecular weight excluding hydrogens is 266 g/mol. The SMILES string of the molecule is OC(CNCC1(O)CCCCCC1)COC1CCCCC1. The molecule has 21 heavy (non-hydrogen) atoms. The van der Waals surface area contributed by atoms with E-state index in [1.807, 2.05) is 0 Å². The molecule has 3 N–H and O–H groups in total. The quantitative estimate of drug-likeness (QED) is 0.632. The van der Waals surface area contributed by atoms with Crippen LogP contribution >= 0.6 is 0 Å². The number of aliphatic hydroxyl groups excluding tert-OH is 1. The zero-order chi connectivity index (χ0) is 15.0. The first-order valence-electron chi connectivity index (χ1n) is 8.91. The molecule has 2 saturated carbocycles. The Morgan fingerprint density at radius 3 is 2.29 bits per heavy atom. The van der Waals surface area contributed by atoms with E-state index >= 15 is 0 Å². The van der Waals surface area contributed by atoms with Gasteiger partial charge in [-0.05, 0) is 25.7 Å². The van der Waals surface area contributed by atoms with Gasteiger partial charge >= 0.3 is 0 Å². The average Bonchev–Trinajstić information content (AvgIpc) is 2.71. The van der Waals surface area contributed by atoms with Gasteiger partial charge in [0.25, 0.3) is 0 Å². The van der Waals surface area contributed by atoms with E-state index in [2.05, 4.69) is 5.32 Å². The molecule has 1 atom stereocenters. The predicted molar refractivity (Wildman–Crippen MR) is 84.4 cm³/mol. The molecule has 4 nitrogen and oxygen atoms in total. The Balaban J connectivity index is 1.56. The third-order valence-electron chi connectivity index (χ3n) is 4.94. The topological polar surface area (TPSA) is 61.7 Å². The molecule has 0 aromatic carbocycles.